The molecule has 7 nitrogen and oxygen atoms in total. The third-order valence-corrected chi connectivity index (χ3v) is 1.97. The molecule has 0 bridgehead atoms. The monoisotopic (exact) mass is 241 g/mol. The molecular formula is C7H16NO6P. The van der Waals surface area contributed by atoms with Gasteiger partial charge in [0, 0.05) is 27.3 Å². The number of hydrogen-bond donors (Lipinski definition) is 3. The fraction of sp³-hybridized carbons (Fsp3) is 0.571. The molecule has 0 radical (unpaired) electrons. The number of likely N-dealkylation sites (N-methyl/N-ethyl adjacent to an activating group) is 1. The first kappa shape index (κ1) is 16.5. The Morgan fingerprint density at radius 3 is 1.87 bits per heavy atom. The molecule has 0 atom stereocenters. The number of amides is 1. The normalized spacial score (nSPS) is 11.4. The van der Waals surface area contributed by atoms with Gasteiger partial charge in [0.25, 0.3) is 0 Å². The summed E-state index contributed by atoms with van der Waals surface area (Å²) in [6, 6.07) is 0. The summed E-state index contributed by atoms with van der Waals surface area (Å²) in [6.07, 6.45) is 1.11. The van der Waals surface area contributed by atoms with Crippen LogP contribution in [0.1, 0.15) is 6.92 Å². The molecule has 0 aromatic heterocycles. The molecule has 0 saturated carbocycles. The van der Waals surface area contributed by atoms with Crippen molar-refractivity contribution in [3.8, 4) is 0 Å². The maximum Gasteiger partial charge on any atom is 0.471 e. The van der Waals surface area contributed by atoms with E-state index in [4.69, 9.17) is 10.00 Å². The summed E-state index contributed by atoms with van der Waals surface area (Å²) < 4.78 is 18.0. The van der Waals surface area contributed by atoms with E-state index in [0.717, 1.165) is 20.3 Å². The predicted molar refractivity (Wildman–Crippen MR) is 54.3 cm³/mol. The van der Waals surface area contributed by atoms with Crippen molar-refractivity contribution in [1.29, 1.82) is 0 Å². The molecule has 1 amide bonds. The van der Waals surface area contributed by atoms with Gasteiger partial charge in [-0.1, -0.05) is 0 Å². The van der Waals surface area contributed by atoms with Crippen LogP contribution in [0.5, 0.6) is 0 Å². The molecule has 8 heteroatoms. The van der Waals surface area contributed by atoms with Crippen molar-refractivity contribution in [2.45, 2.75) is 6.92 Å². The Morgan fingerprint density at radius 1 is 1.40 bits per heavy atom. The fourth-order valence-electron chi connectivity index (χ4n) is 0.336. The molecule has 0 heterocycles. The van der Waals surface area contributed by atoms with E-state index in [2.05, 4.69) is 14.4 Å². The van der Waals surface area contributed by atoms with Crippen LogP contribution in [-0.2, 0) is 18.4 Å². The zero-order valence-electron chi connectivity index (χ0n) is 9.05. The van der Waals surface area contributed by atoms with E-state index in [1.165, 1.54) is 14.0 Å². The van der Waals surface area contributed by atoms with Gasteiger partial charge >= 0.3 is 7.82 Å². The third kappa shape index (κ3) is 13.1. The quantitative estimate of drug-likeness (QED) is 0.379. The van der Waals surface area contributed by atoms with Crippen molar-refractivity contribution in [3.05, 3.63) is 11.8 Å². The van der Waals surface area contributed by atoms with Crippen LogP contribution in [0.15, 0.2) is 11.8 Å². The first-order valence-corrected chi connectivity index (χ1v) is 5.31. The lowest BCUT2D eigenvalue weighted by molar-refractivity contribution is -0.116. The number of rotatable bonds is 3. The Morgan fingerprint density at radius 2 is 1.80 bits per heavy atom. The number of nitrogens with one attached hydrogen (secondary N) is 1. The summed E-state index contributed by atoms with van der Waals surface area (Å²) in [6.45, 7) is 1.44. The fourth-order valence-corrected chi connectivity index (χ4v) is 0.485. The molecule has 0 rings (SSSR count). The second-order valence-corrected chi connectivity index (χ2v) is 3.90. The van der Waals surface area contributed by atoms with Crippen molar-refractivity contribution >= 4 is 13.7 Å². The van der Waals surface area contributed by atoms with Gasteiger partial charge < -0.3 is 15.3 Å². The van der Waals surface area contributed by atoms with E-state index in [1.807, 2.05) is 0 Å². The van der Waals surface area contributed by atoms with Crippen LogP contribution < -0.4 is 5.32 Å². The summed E-state index contributed by atoms with van der Waals surface area (Å²) in [5.41, 5.74) is 0. The topological polar surface area (TPSA) is 105 Å². The van der Waals surface area contributed by atoms with Gasteiger partial charge in [-0.15, -0.1) is 0 Å². The van der Waals surface area contributed by atoms with Gasteiger partial charge in [0.15, 0.2) is 0 Å². The highest BCUT2D eigenvalue weighted by Crippen LogP contribution is 2.40. The third-order valence-electron chi connectivity index (χ3n) is 1.05. The summed E-state index contributed by atoms with van der Waals surface area (Å²) >= 11 is 0. The van der Waals surface area contributed by atoms with Crippen LogP contribution in [0.4, 0.5) is 0 Å². The maximum atomic E-state index is 10.3. The van der Waals surface area contributed by atoms with Crippen LogP contribution in [0.25, 0.3) is 0 Å². The van der Waals surface area contributed by atoms with Gasteiger partial charge in [-0.3, -0.25) is 13.8 Å². The molecule has 0 aliphatic heterocycles. The Labute approximate surface area is 88.3 Å². The Kier molecular flexibility index (Phi) is 9.30. The highest BCUT2D eigenvalue weighted by Gasteiger charge is 2.13. The number of carbonyl (C=O) groups excluding carboxylic acids is 1. The molecular weight excluding hydrogens is 225 g/mol. The van der Waals surface area contributed by atoms with Crippen molar-refractivity contribution < 1.29 is 28.4 Å². The number of carbonyl (C=O) groups is 1. The van der Waals surface area contributed by atoms with Crippen LogP contribution in [0, 0.1) is 0 Å². The molecule has 90 valence electrons. The predicted octanol–water partition coefficient (Wildman–Crippen LogP) is 0.574. The minimum atomic E-state index is -3.65. The van der Waals surface area contributed by atoms with E-state index in [-0.39, 0.29) is 11.7 Å². The zero-order chi connectivity index (χ0) is 12.5. The van der Waals surface area contributed by atoms with Crippen molar-refractivity contribution in [2.24, 2.45) is 0 Å². The second-order valence-electron chi connectivity index (χ2n) is 2.23. The van der Waals surface area contributed by atoms with Gasteiger partial charge in [0.05, 0.1) is 5.76 Å². The number of phosphoric acid groups is 1. The van der Waals surface area contributed by atoms with Crippen molar-refractivity contribution in [2.75, 3.05) is 21.3 Å². The van der Waals surface area contributed by atoms with E-state index in [9.17, 15) is 9.36 Å². The molecule has 0 aromatic rings. The molecule has 15 heavy (non-hydrogen) atoms. The lowest BCUT2D eigenvalue weighted by atomic mass is 10.5. The van der Waals surface area contributed by atoms with E-state index < -0.39 is 7.82 Å². The van der Waals surface area contributed by atoms with Gasteiger partial charge in [-0.25, -0.2) is 4.57 Å². The molecule has 0 saturated heterocycles. The zero-order valence-corrected chi connectivity index (χ0v) is 9.95. The Bertz CT molecular complexity index is 252. The maximum absolute atomic E-state index is 10.3. The molecule has 3 N–H and O–H groups in total. The highest BCUT2D eigenvalue weighted by molar-refractivity contribution is 7.47. The van der Waals surface area contributed by atoms with Gasteiger partial charge in [-0.2, -0.15) is 0 Å². The van der Waals surface area contributed by atoms with Crippen LogP contribution in [-0.4, -0.2) is 37.2 Å². The number of phosphoric ester groups is 1. The van der Waals surface area contributed by atoms with Crippen LogP contribution in [0.2, 0.25) is 0 Å². The minimum Gasteiger partial charge on any atom is -0.512 e. The average Bonchev–Trinajstić information content (AvgIpc) is 2.18. The van der Waals surface area contributed by atoms with Gasteiger partial charge in [0.2, 0.25) is 5.91 Å². The number of aliphatic hydroxyl groups excluding tert-OH is 1. The molecule has 0 unspecified atom stereocenters. The summed E-state index contributed by atoms with van der Waals surface area (Å²) in [5, 5.41) is 10.8. The lowest BCUT2D eigenvalue weighted by Crippen LogP contribution is -2.14. The number of allylic oxidation sites excluding steroid dienone is 1. The second kappa shape index (κ2) is 8.43. The largest absolute Gasteiger partial charge is 0.512 e. The van der Waals surface area contributed by atoms with Crippen molar-refractivity contribution in [1.82, 2.24) is 5.32 Å². The standard InChI is InChI=1S/C5H9NO2.C2H7O4P/c1-4(7)3-5(8)6-2;1-5-7(3,4)6-2/h3,7H,1-2H3,(H,6,8);1-2H3,(H,3,4)/b4-3-;. The number of hydrogen-bond acceptors (Lipinski definition) is 5. The van der Waals surface area contributed by atoms with Crippen LogP contribution in [0.3, 0.4) is 0 Å². The number of aliphatic hydroxyl groups is 1. The molecule has 0 spiro atoms. The van der Waals surface area contributed by atoms with Crippen LogP contribution >= 0.6 is 7.82 Å². The average molecular weight is 241 g/mol. The van der Waals surface area contributed by atoms with Gasteiger partial charge in [0.1, 0.15) is 0 Å². The van der Waals surface area contributed by atoms with Gasteiger partial charge in [-0.05, 0) is 6.92 Å². The summed E-state index contributed by atoms with van der Waals surface area (Å²) in [4.78, 5) is 18.5. The summed E-state index contributed by atoms with van der Waals surface area (Å²) in [5.74, 6) is -0.269. The van der Waals surface area contributed by atoms with Crippen molar-refractivity contribution in [3.63, 3.8) is 0 Å². The molecule has 0 aromatic carbocycles. The smallest absolute Gasteiger partial charge is 0.471 e. The molecule has 0 aliphatic rings. The first-order chi connectivity index (χ1) is 6.79. The lowest BCUT2D eigenvalue weighted by Gasteiger charge is -2.01. The van der Waals surface area contributed by atoms with E-state index in [1.54, 1.807) is 0 Å². The van der Waals surface area contributed by atoms with E-state index >= 15 is 0 Å². The summed E-state index contributed by atoms with van der Waals surface area (Å²) in [7, 11) is 0.0504. The first-order valence-electron chi connectivity index (χ1n) is 3.82. The molecule has 0 aliphatic carbocycles. The Balaban J connectivity index is 0. The highest BCUT2D eigenvalue weighted by atomic mass is 31.2. The van der Waals surface area contributed by atoms with E-state index in [0.29, 0.717) is 0 Å². The minimum absolute atomic E-state index is 0.0179. The SMILES string of the molecule is CNC(=O)/C=C(/C)O.COP(=O)(O)OC. The Hall–Kier alpha value is -0.880. The molecule has 0 fully saturated rings.